The van der Waals surface area contributed by atoms with Crippen LogP contribution < -0.4 is 5.56 Å². The summed E-state index contributed by atoms with van der Waals surface area (Å²) < 4.78 is 1.72. The molecular weight excluding hydrogens is 240 g/mol. The van der Waals surface area contributed by atoms with Crippen molar-refractivity contribution >= 4 is 22.8 Å². The molecule has 0 aliphatic carbocycles. The Hall–Kier alpha value is -2.14. The minimum absolute atomic E-state index is 0.176. The molecule has 3 heterocycles. The summed E-state index contributed by atoms with van der Waals surface area (Å²) in [7, 11) is 0. The van der Waals surface area contributed by atoms with Gasteiger partial charge in [-0.15, -0.1) is 0 Å². The summed E-state index contributed by atoms with van der Waals surface area (Å²) in [6.45, 7) is 0. The number of aromatic amines is 1. The zero-order valence-corrected chi connectivity index (χ0v) is 9.35. The molecule has 0 amide bonds. The maximum absolute atomic E-state index is 11.3. The van der Waals surface area contributed by atoms with E-state index in [0.29, 0.717) is 16.2 Å². The molecule has 0 spiro atoms. The van der Waals surface area contributed by atoms with Crippen molar-refractivity contribution in [1.82, 2.24) is 19.5 Å². The Kier molecular flexibility index (Phi) is 2.19. The number of pyridine rings is 2. The molecule has 3 aromatic heterocycles. The number of nitrogens with zero attached hydrogens (tertiary/aromatic N) is 3. The molecule has 0 radical (unpaired) electrons. The van der Waals surface area contributed by atoms with E-state index in [4.69, 9.17) is 11.6 Å². The van der Waals surface area contributed by atoms with E-state index in [0.717, 1.165) is 5.69 Å². The van der Waals surface area contributed by atoms with E-state index in [9.17, 15) is 4.79 Å². The van der Waals surface area contributed by atoms with Crippen molar-refractivity contribution in [1.29, 1.82) is 0 Å². The largest absolute Gasteiger partial charge is 0.306 e. The van der Waals surface area contributed by atoms with E-state index in [1.807, 2.05) is 0 Å². The molecule has 0 aliphatic rings. The van der Waals surface area contributed by atoms with Gasteiger partial charge in [-0.1, -0.05) is 11.6 Å². The minimum Gasteiger partial charge on any atom is -0.306 e. The molecule has 17 heavy (non-hydrogen) atoms. The molecule has 1 N–H and O–H groups in total. The van der Waals surface area contributed by atoms with Crippen molar-refractivity contribution in [2.24, 2.45) is 0 Å². The molecule has 0 saturated carbocycles. The summed E-state index contributed by atoms with van der Waals surface area (Å²) >= 11 is 6.05. The number of aromatic nitrogens is 4. The van der Waals surface area contributed by atoms with Crippen molar-refractivity contribution in [3.63, 3.8) is 0 Å². The van der Waals surface area contributed by atoms with Crippen molar-refractivity contribution in [2.75, 3.05) is 0 Å². The highest BCUT2D eigenvalue weighted by atomic mass is 35.5. The maximum Gasteiger partial charge on any atom is 0.249 e. The normalized spacial score (nSPS) is 10.9. The first kappa shape index (κ1) is 10.0. The van der Waals surface area contributed by atoms with Crippen LogP contribution in [0, 0.1) is 0 Å². The SMILES string of the molecule is O=c1ccc2ncn(-c3ccncc3Cl)c2[nH]1. The number of hydrogen-bond acceptors (Lipinski definition) is 3. The number of H-pyrrole nitrogens is 1. The second kappa shape index (κ2) is 3.71. The van der Waals surface area contributed by atoms with Crippen LogP contribution in [-0.2, 0) is 0 Å². The van der Waals surface area contributed by atoms with Gasteiger partial charge in [0, 0.05) is 18.5 Å². The predicted molar refractivity (Wildman–Crippen MR) is 64.5 cm³/mol. The summed E-state index contributed by atoms with van der Waals surface area (Å²) in [5.41, 5.74) is 1.87. The molecule has 0 bridgehead atoms. The third-order valence-corrected chi connectivity index (χ3v) is 2.73. The first-order valence-corrected chi connectivity index (χ1v) is 5.30. The van der Waals surface area contributed by atoms with Crippen LogP contribution in [0.25, 0.3) is 16.9 Å². The molecule has 84 valence electrons. The molecule has 0 aromatic carbocycles. The second-order valence-electron chi connectivity index (χ2n) is 3.50. The van der Waals surface area contributed by atoms with Crippen LogP contribution >= 0.6 is 11.6 Å². The average Bonchev–Trinajstić information content (AvgIpc) is 2.72. The van der Waals surface area contributed by atoms with Gasteiger partial charge in [0.1, 0.15) is 17.5 Å². The zero-order chi connectivity index (χ0) is 11.8. The third kappa shape index (κ3) is 1.60. The van der Waals surface area contributed by atoms with E-state index in [-0.39, 0.29) is 5.56 Å². The van der Waals surface area contributed by atoms with Crippen LogP contribution in [0.1, 0.15) is 0 Å². The standard InChI is InChI=1S/C11H7ClN4O/c12-7-5-13-4-3-9(7)16-6-14-8-1-2-10(17)15-11(8)16/h1-6H,(H,15,17). The van der Waals surface area contributed by atoms with Crippen molar-refractivity contribution in [3.05, 3.63) is 52.3 Å². The fourth-order valence-corrected chi connectivity index (χ4v) is 1.88. The lowest BCUT2D eigenvalue weighted by molar-refractivity contribution is 1.05. The van der Waals surface area contributed by atoms with Gasteiger partial charge in [-0.3, -0.25) is 14.3 Å². The predicted octanol–water partition coefficient (Wildman–Crippen LogP) is 1.76. The highest BCUT2D eigenvalue weighted by Gasteiger charge is 2.08. The van der Waals surface area contributed by atoms with Crippen LogP contribution in [0.4, 0.5) is 0 Å². The molecule has 0 aliphatic heterocycles. The molecule has 0 unspecified atom stereocenters. The summed E-state index contributed by atoms with van der Waals surface area (Å²) in [6.07, 6.45) is 4.79. The van der Waals surface area contributed by atoms with Crippen molar-refractivity contribution in [2.45, 2.75) is 0 Å². The Morgan fingerprint density at radius 1 is 1.29 bits per heavy atom. The van der Waals surface area contributed by atoms with Gasteiger partial charge in [0.15, 0.2) is 0 Å². The summed E-state index contributed by atoms with van der Waals surface area (Å²) in [6, 6.07) is 4.86. The van der Waals surface area contributed by atoms with Gasteiger partial charge < -0.3 is 4.98 Å². The van der Waals surface area contributed by atoms with E-state index in [2.05, 4.69) is 15.0 Å². The maximum atomic E-state index is 11.3. The molecule has 3 rings (SSSR count). The van der Waals surface area contributed by atoms with E-state index >= 15 is 0 Å². The number of nitrogens with one attached hydrogen (secondary N) is 1. The van der Waals surface area contributed by atoms with Gasteiger partial charge in [0.05, 0.1) is 10.7 Å². The van der Waals surface area contributed by atoms with Gasteiger partial charge in [-0.2, -0.15) is 0 Å². The molecule has 3 aromatic rings. The zero-order valence-electron chi connectivity index (χ0n) is 8.59. The summed E-state index contributed by atoms with van der Waals surface area (Å²) in [5, 5.41) is 0.497. The molecule has 0 saturated heterocycles. The van der Waals surface area contributed by atoms with Gasteiger partial charge >= 0.3 is 0 Å². The van der Waals surface area contributed by atoms with Crippen LogP contribution in [0.2, 0.25) is 5.02 Å². The fourth-order valence-electron chi connectivity index (χ4n) is 1.67. The summed E-state index contributed by atoms with van der Waals surface area (Å²) in [4.78, 5) is 22.1. The number of rotatable bonds is 1. The summed E-state index contributed by atoms with van der Waals surface area (Å²) in [5.74, 6) is 0. The Balaban J connectivity index is 2.35. The van der Waals surface area contributed by atoms with Crippen LogP contribution in [0.3, 0.4) is 0 Å². The third-order valence-electron chi connectivity index (χ3n) is 2.44. The lowest BCUT2D eigenvalue weighted by atomic mass is 10.4. The monoisotopic (exact) mass is 246 g/mol. The van der Waals surface area contributed by atoms with Gasteiger partial charge in [-0.05, 0) is 12.1 Å². The first-order valence-electron chi connectivity index (χ1n) is 4.92. The van der Waals surface area contributed by atoms with E-state index in [1.54, 1.807) is 35.4 Å². The average molecular weight is 247 g/mol. The van der Waals surface area contributed by atoms with Crippen molar-refractivity contribution in [3.8, 4) is 5.69 Å². The lowest BCUT2D eigenvalue weighted by Gasteiger charge is -2.04. The van der Waals surface area contributed by atoms with Crippen LogP contribution in [0.15, 0.2) is 41.7 Å². The Labute approximate surface area is 101 Å². The quantitative estimate of drug-likeness (QED) is 0.712. The van der Waals surface area contributed by atoms with E-state index < -0.39 is 0 Å². The Morgan fingerprint density at radius 3 is 3.00 bits per heavy atom. The Morgan fingerprint density at radius 2 is 2.18 bits per heavy atom. The van der Waals surface area contributed by atoms with E-state index in [1.165, 1.54) is 6.07 Å². The van der Waals surface area contributed by atoms with Gasteiger partial charge in [0.2, 0.25) is 5.56 Å². The number of hydrogen-bond donors (Lipinski definition) is 1. The lowest BCUT2D eigenvalue weighted by Crippen LogP contribution is -2.05. The van der Waals surface area contributed by atoms with Crippen LogP contribution in [0.5, 0.6) is 0 Å². The molecule has 0 atom stereocenters. The first-order chi connectivity index (χ1) is 8.25. The highest BCUT2D eigenvalue weighted by molar-refractivity contribution is 6.32. The molecular formula is C11H7ClN4O. The minimum atomic E-state index is -0.176. The molecule has 0 fully saturated rings. The van der Waals surface area contributed by atoms with Gasteiger partial charge in [-0.25, -0.2) is 4.98 Å². The number of halogens is 1. The number of imidazole rings is 1. The topological polar surface area (TPSA) is 63.6 Å². The molecule has 5 nitrogen and oxygen atoms in total. The van der Waals surface area contributed by atoms with Crippen molar-refractivity contribution < 1.29 is 0 Å². The molecule has 6 heteroatoms. The smallest absolute Gasteiger partial charge is 0.249 e. The highest BCUT2D eigenvalue weighted by Crippen LogP contribution is 2.21. The number of fused-ring (bicyclic) bond motifs is 1. The van der Waals surface area contributed by atoms with Gasteiger partial charge in [0.25, 0.3) is 0 Å². The second-order valence-corrected chi connectivity index (χ2v) is 3.91. The van der Waals surface area contributed by atoms with Crippen LogP contribution in [-0.4, -0.2) is 19.5 Å². The Bertz CT molecular complexity index is 746. The fraction of sp³-hybridized carbons (Fsp3) is 0.